The molecule has 1 aromatic heterocycles. The lowest BCUT2D eigenvalue weighted by atomic mass is 10.2. The lowest BCUT2D eigenvalue weighted by Gasteiger charge is -2.16. The molecule has 1 N–H and O–H groups in total. The predicted molar refractivity (Wildman–Crippen MR) is 98.7 cm³/mol. The van der Waals surface area contributed by atoms with Crippen molar-refractivity contribution in [3.8, 4) is 0 Å². The Labute approximate surface area is 158 Å². The Kier molecular flexibility index (Phi) is 6.61. The van der Waals surface area contributed by atoms with Gasteiger partial charge in [-0.2, -0.15) is 0 Å². The highest BCUT2D eigenvalue weighted by molar-refractivity contribution is 7.17. The Morgan fingerprint density at radius 1 is 1.19 bits per heavy atom. The van der Waals surface area contributed by atoms with Crippen LogP contribution in [0.25, 0.3) is 0 Å². The van der Waals surface area contributed by atoms with Crippen LogP contribution in [0.2, 0.25) is 0 Å². The minimum atomic E-state index is -0.834. The molecule has 0 aliphatic carbocycles. The summed E-state index contributed by atoms with van der Waals surface area (Å²) in [6.45, 7) is 1.14. The van der Waals surface area contributed by atoms with Crippen molar-refractivity contribution in [2.75, 3.05) is 25.5 Å². The summed E-state index contributed by atoms with van der Waals surface area (Å²) in [7, 11) is 1.40. The number of nitrogens with zero attached hydrogens (tertiary/aromatic N) is 2. The minimum Gasteiger partial charge on any atom is -0.451 e. The standard InChI is InChI=1S/C17H17N3O6S/c1-11-3-5-12(6-4-11)18-14(21)9-19(2)15(22)10-26-17(23)13-7-8-16(27-13)20(24)25/h3-8H,9-10H2,1-2H3,(H,18,21). The smallest absolute Gasteiger partial charge is 0.349 e. The van der Waals surface area contributed by atoms with Gasteiger partial charge < -0.3 is 15.0 Å². The fourth-order valence-corrected chi connectivity index (χ4v) is 2.70. The molecular formula is C17H17N3O6S. The van der Waals surface area contributed by atoms with Crippen LogP contribution in [-0.2, 0) is 14.3 Å². The first kappa shape index (κ1) is 20.0. The topological polar surface area (TPSA) is 119 Å². The number of thiophene rings is 1. The third kappa shape index (κ3) is 5.89. The van der Waals surface area contributed by atoms with Crippen molar-refractivity contribution >= 4 is 39.8 Å². The predicted octanol–water partition coefficient (Wildman–Crippen LogP) is 2.22. The molecule has 9 nitrogen and oxygen atoms in total. The van der Waals surface area contributed by atoms with Crippen LogP contribution >= 0.6 is 11.3 Å². The van der Waals surface area contributed by atoms with Gasteiger partial charge in [-0.3, -0.25) is 19.7 Å². The van der Waals surface area contributed by atoms with Crippen LogP contribution in [0.15, 0.2) is 36.4 Å². The van der Waals surface area contributed by atoms with E-state index in [4.69, 9.17) is 4.74 Å². The number of rotatable bonds is 7. The molecule has 0 bridgehead atoms. The Balaban J connectivity index is 1.80. The quantitative estimate of drug-likeness (QED) is 0.439. The van der Waals surface area contributed by atoms with E-state index in [1.165, 1.54) is 19.2 Å². The molecule has 0 fully saturated rings. The number of nitro groups is 1. The summed E-state index contributed by atoms with van der Waals surface area (Å²) < 4.78 is 4.84. The Hall–Kier alpha value is -3.27. The summed E-state index contributed by atoms with van der Waals surface area (Å²) in [5.41, 5.74) is 1.66. The minimum absolute atomic E-state index is 0.0225. The number of aryl methyl sites for hydroxylation is 1. The van der Waals surface area contributed by atoms with E-state index in [2.05, 4.69) is 5.32 Å². The van der Waals surface area contributed by atoms with E-state index >= 15 is 0 Å². The average Bonchev–Trinajstić information content (AvgIpc) is 3.11. The number of carbonyl (C=O) groups excluding carboxylic acids is 3. The highest BCUT2D eigenvalue weighted by Gasteiger charge is 2.19. The molecule has 1 heterocycles. The molecule has 0 atom stereocenters. The summed E-state index contributed by atoms with van der Waals surface area (Å²) in [6.07, 6.45) is 0. The zero-order valence-electron chi connectivity index (χ0n) is 14.6. The van der Waals surface area contributed by atoms with E-state index in [1.807, 2.05) is 19.1 Å². The number of ether oxygens (including phenoxy) is 1. The number of hydrogen-bond acceptors (Lipinski definition) is 7. The summed E-state index contributed by atoms with van der Waals surface area (Å²) >= 11 is 0.659. The van der Waals surface area contributed by atoms with Gasteiger partial charge >= 0.3 is 11.0 Å². The first-order chi connectivity index (χ1) is 12.8. The van der Waals surface area contributed by atoms with Gasteiger partial charge in [-0.1, -0.05) is 29.0 Å². The highest BCUT2D eigenvalue weighted by Crippen LogP contribution is 2.24. The van der Waals surface area contributed by atoms with E-state index in [-0.39, 0.29) is 16.4 Å². The van der Waals surface area contributed by atoms with Gasteiger partial charge in [-0.05, 0) is 25.1 Å². The first-order valence-electron chi connectivity index (χ1n) is 7.78. The van der Waals surface area contributed by atoms with Crippen molar-refractivity contribution in [1.82, 2.24) is 4.90 Å². The molecule has 142 valence electrons. The van der Waals surface area contributed by atoms with Crippen LogP contribution in [-0.4, -0.2) is 47.8 Å². The molecule has 2 amide bonds. The number of anilines is 1. The van der Waals surface area contributed by atoms with Gasteiger partial charge in [0.05, 0.1) is 11.5 Å². The van der Waals surface area contributed by atoms with Crippen molar-refractivity contribution in [2.45, 2.75) is 6.92 Å². The van der Waals surface area contributed by atoms with E-state index in [0.717, 1.165) is 10.5 Å². The number of carbonyl (C=O) groups is 3. The van der Waals surface area contributed by atoms with Crippen molar-refractivity contribution in [3.05, 3.63) is 57.0 Å². The van der Waals surface area contributed by atoms with Gasteiger partial charge in [-0.15, -0.1) is 0 Å². The van der Waals surface area contributed by atoms with Crippen LogP contribution in [0.4, 0.5) is 10.7 Å². The van der Waals surface area contributed by atoms with Gasteiger partial charge in [-0.25, -0.2) is 4.79 Å². The maximum atomic E-state index is 12.0. The molecule has 27 heavy (non-hydrogen) atoms. The molecule has 2 rings (SSSR count). The number of nitrogens with one attached hydrogen (secondary N) is 1. The fourth-order valence-electron chi connectivity index (χ4n) is 1.99. The van der Waals surface area contributed by atoms with E-state index in [1.54, 1.807) is 12.1 Å². The summed E-state index contributed by atoms with van der Waals surface area (Å²) in [4.78, 5) is 46.9. The van der Waals surface area contributed by atoms with E-state index in [0.29, 0.717) is 17.0 Å². The molecule has 0 aliphatic rings. The van der Waals surface area contributed by atoms with Gasteiger partial charge in [0.15, 0.2) is 6.61 Å². The molecular weight excluding hydrogens is 374 g/mol. The molecule has 0 unspecified atom stereocenters. The Morgan fingerprint density at radius 3 is 2.44 bits per heavy atom. The number of hydrogen-bond donors (Lipinski definition) is 1. The monoisotopic (exact) mass is 391 g/mol. The van der Waals surface area contributed by atoms with Crippen LogP contribution < -0.4 is 5.32 Å². The third-order valence-electron chi connectivity index (χ3n) is 3.44. The zero-order chi connectivity index (χ0) is 20.0. The van der Waals surface area contributed by atoms with Crippen molar-refractivity contribution in [2.24, 2.45) is 0 Å². The van der Waals surface area contributed by atoms with Crippen LogP contribution in [0.1, 0.15) is 15.2 Å². The molecule has 1 aromatic carbocycles. The molecule has 0 saturated carbocycles. The van der Waals surface area contributed by atoms with Gasteiger partial charge in [0, 0.05) is 18.8 Å². The number of amides is 2. The maximum Gasteiger partial charge on any atom is 0.349 e. The molecule has 0 aliphatic heterocycles. The van der Waals surface area contributed by atoms with Crippen LogP contribution in [0, 0.1) is 17.0 Å². The second-order valence-corrected chi connectivity index (χ2v) is 6.70. The summed E-state index contributed by atoms with van der Waals surface area (Å²) in [5.74, 6) is -1.80. The maximum absolute atomic E-state index is 12.0. The van der Waals surface area contributed by atoms with Gasteiger partial charge in [0.2, 0.25) is 5.91 Å². The van der Waals surface area contributed by atoms with E-state index < -0.39 is 29.3 Å². The van der Waals surface area contributed by atoms with Crippen molar-refractivity contribution in [3.63, 3.8) is 0 Å². The Morgan fingerprint density at radius 2 is 1.85 bits per heavy atom. The molecule has 0 radical (unpaired) electrons. The third-order valence-corrected chi connectivity index (χ3v) is 4.46. The van der Waals surface area contributed by atoms with Crippen LogP contribution in [0.5, 0.6) is 0 Å². The molecule has 10 heteroatoms. The summed E-state index contributed by atoms with van der Waals surface area (Å²) in [5, 5.41) is 13.1. The fraction of sp³-hybridized carbons (Fsp3) is 0.235. The number of esters is 1. The summed E-state index contributed by atoms with van der Waals surface area (Å²) in [6, 6.07) is 9.63. The lowest BCUT2D eigenvalue weighted by Crippen LogP contribution is -2.37. The molecule has 2 aromatic rings. The highest BCUT2D eigenvalue weighted by atomic mass is 32.1. The van der Waals surface area contributed by atoms with Gasteiger partial charge in [0.25, 0.3) is 5.91 Å². The van der Waals surface area contributed by atoms with Crippen LogP contribution in [0.3, 0.4) is 0 Å². The second-order valence-electron chi connectivity index (χ2n) is 5.64. The number of likely N-dealkylation sites (N-methyl/N-ethyl adjacent to an activating group) is 1. The lowest BCUT2D eigenvalue weighted by molar-refractivity contribution is -0.380. The zero-order valence-corrected chi connectivity index (χ0v) is 15.4. The van der Waals surface area contributed by atoms with Gasteiger partial charge in [0.1, 0.15) is 4.88 Å². The normalized spacial score (nSPS) is 10.1. The molecule has 0 spiro atoms. The first-order valence-corrected chi connectivity index (χ1v) is 8.59. The van der Waals surface area contributed by atoms with Crippen molar-refractivity contribution < 1.29 is 24.0 Å². The van der Waals surface area contributed by atoms with Crippen molar-refractivity contribution in [1.29, 1.82) is 0 Å². The second kappa shape index (κ2) is 8.90. The Bertz CT molecular complexity index is 862. The molecule has 0 saturated heterocycles. The largest absolute Gasteiger partial charge is 0.451 e. The number of benzene rings is 1. The van der Waals surface area contributed by atoms with E-state index in [9.17, 15) is 24.5 Å². The average molecular weight is 391 g/mol. The SMILES string of the molecule is Cc1ccc(NC(=O)CN(C)C(=O)COC(=O)c2ccc([N+](=O)[O-])s2)cc1.